The number of ether oxygens (including phenoxy) is 6. The number of carbonyl (C=O) groups excluding carboxylic acids is 1. The fraction of sp³-hybridized carbons (Fsp3) is 0.395. The van der Waals surface area contributed by atoms with Gasteiger partial charge < -0.3 is 33.3 Å². The molecule has 1 saturated heterocycles. The standard InChI is InChI=1S/C38H46N4O7/c1-24(2)15-31-38(43)42(23-26-10-12-40-30(17-26)28-20-34(46-5)37(49-8)35(21-28)47-6)14-13-41(31)22-25-9-11-39-29(16-25)27-18-32(44-3)36(48-7)33(19-27)45-4/h9-12,16-21,24,31H,13-15,22-23H2,1-8H3. The summed E-state index contributed by atoms with van der Waals surface area (Å²) in [7, 11) is 9.54. The molecule has 1 fully saturated rings. The average molecular weight is 671 g/mol. The predicted octanol–water partition coefficient (Wildman–Crippen LogP) is 6.12. The van der Waals surface area contributed by atoms with Crippen LogP contribution >= 0.6 is 0 Å². The summed E-state index contributed by atoms with van der Waals surface area (Å²) in [6.45, 7) is 6.78. The number of aromatic nitrogens is 2. The molecule has 1 aliphatic rings. The molecule has 49 heavy (non-hydrogen) atoms. The highest BCUT2D eigenvalue weighted by atomic mass is 16.5. The quantitative estimate of drug-likeness (QED) is 0.156. The van der Waals surface area contributed by atoms with Crippen LogP contribution in [0.4, 0.5) is 0 Å². The molecule has 0 bridgehead atoms. The van der Waals surface area contributed by atoms with Crippen molar-refractivity contribution in [3.05, 3.63) is 72.1 Å². The molecule has 1 aliphatic heterocycles. The van der Waals surface area contributed by atoms with E-state index in [1.807, 2.05) is 47.4 Å². The van der Waals surface area contributed by atoms with Gasteiger partial charge in [0.05, 0.1) is 60.1 Å². The first kappa shape index (κ1) is 35.3. The van der Waals surface area contributed by atoms with Crippen LogP contribution in [0, 0.1) is 5.92 Å². The Hall–Kier alpha value is -5.03. The van der Waals surface area contributed by atoms with E-state index in [1.54, 1.807) is 55.1 Å². The minimum absolute atomic E-state index is 0.130. The summed E-state index contributed by atoms with van der Waals surface area (Å²) >= 11 is 0. The third kappa shape index (κ3) is 7.83. The van der Waals surface area contributed by atoms with Crippen LogP contribution in [0.3, 0.4) is 0 Å². The number of rotatable bonds is 14. The molecule has 0 N–H and O–H groups in total. The van der Waals surface area contributed by atoms with E-state index in [-0.39, 0.29) is 11.9 Å². The zero-order valence-corrected chi connectivity index (χ0v) is 29.6. The third-order valence-electron chi connectivity index (χ3n) is 8.72. The summed E-state index contributed by atoms with van der Waals surface area (Å²) in [5.41, 5.74) is 5.27. The molecule has 1 atom stereocenters. The molecule has 0 aliphatic carbocycles. The van der Waals surface area contributed by atoms with Crippen molar-refractivity contribution in [3.63, 3.8) is 0 Å². The maximum absolute atomic E-state index is 14.1. The number of methoxy groups -OCH3 is 6. The molecule has 5 rings (SSSR count). The monoisotopic (exact) mass is 670 g/mol. The van der Waals surface area contributed by atoms with E-state index < -0.39 is 0 Å². The first-order chi connectivity index (χ1) is 23.7. The molecule has 2 aromatic carbocycles. The molecule has 2 aromatic heterocycles. The van der Waals surface area contributed by atoms with Crippen LogP contribution in [0.15, 0.2) is 60.9 Å². The van der Waals surface area contributed by atoms with Gasteiger partial charge in [0.2, 0.25) is 17.4 Å². The van der Waals surface area contributed by atoms with Gasteiger partial charge in [-0.15, -0.1) is 0 Å². The van der Waals surface area contributed by atoms with E-state index in [1.165, 1.54) is 0 Å². The lowest BCUT2D eigenvalue weighted by Gasteiger charge is -2.41. The van der Waals surface area contributed by atoms with Crippen LogP contribution < -0.4 is 28.4 Å². The van der Waals surface area contributed by atoms with Gasteiger partial charge in [0, 0.05) is 49.7 Å². The molecule has 4 aromatic rings. The fourth-order valence-corrected chi connectivity index (χ4v) is 6.30. The Morgan fingerprint density at radius 3 is 1.51 bits per heavy atom. The van der Waals surface area contributed by atoms with Gasteiger partial charge in [0.15, 0.2) is 23.0 Å². The van der Waals surface area contributed by atoms with Crippen molar-refractivity contribution in [2.75, 3.05) is 55.7 Å². The van der Waals surface area contributed by atoms with E-state index in [0.29, 0.717) is 60.0 Å². The summed E-state index contributed by atoms with van der Waals surface area (Å²) in [4.78, 5) is 27.6. The second-order valence-corrected chi connectivity index (χ2v) is 12.3. The van der Waals surface area contributed by atoms with Gasteiger partial charge in [-0.2, -0.15) is 0 Å². The van der Waals surface area contributed by atoms with Crippen molar-refractivity contribution in [3.8, 4) is 57.0 Å². The van der Waals surface area contributed by atoms with Gasteiger partial charge in [0.25, 0.3) is 0 Å². The van der Waals surface area contributed by atoms with Crippen LogP contribution in [-0.2, 0) is 17.9 Å². The minimum Gasteiger partial charge on any atom is -0.493 e. The van der Waals surface area contributed by atoms with Gasteiger partial charge >= 0.3 is 0 Å². The average Bonchev–Trinajstić information content (AvgIpc) is 3.12. The molecule has 1 unspecified atom stereocenters. The first-order valence-corrected chi connectivity index (χ1v) is 16.3. The van der Waals surface area contributed by atoms with Gasteiger partial charge in [0.1, 0.15) is 0 Å². The van der Waals surface area contributed by atoms with Crippen molar-refractivity contribution in [1.29, 1.82) is 0 Å². The number of carbonyl (C=O) groups is 1. The molecule has 0 spiro atoms. The number of hydrogen-bond donors (Lipinski definition) is 0. The maximum Gasteiger partial charge on any atom is 0.240 e. The van der Waals surface area contributed by atoms with Crippen LogP contribution in [0.5, 0.6) is 34.5 Å². The van der Waals surface area contributed by atoms with Crippen molar-refractivity contribution < 1.29 is 33.2 Å². The summed E-state index contributed by atoms with van der Waals surface area (Å²) in [5.74, 6) is 3.75. The Kier molecular flexibility index (Phi) is 11.5. The summed E-state index contributed by atoms with van der Waals surface area (Å²) in [6, 6.07) is 15.3. The molecule has 11 nitrogen and oxygen atoms in total. The highest BCUT2D eigenvalue weighted by molar-refractivity contribution is 5.83. The van der Waals surface area contributed by atoms with Gasteiger partial charge in [-0.3, -0.25) is 19.7 Å². The second-order valence-electron chi connectivity index (χ2n) is 12.3. The SMILES string of the molecule is COc1cc(-c2cc(CN3CCN(Cc4ccnc(-c5cc(OC)c(OC)c(OC)c5)c4)C(CC(C)C)C3=O)ccn2)cc(OC)c1OC. The lowest BCUT2D eigenvalue weighted by atomic mass is 9.97. The normalized spacial score (nSPS) is 14.9. The number of pyridine rings is 2. The molecule has 3 heterocycles. The number of amides is 1. The smallest absolute Gasteiger partial charge is 0.240 e. The topological polar surface area (TPSA) is 105 Å². The maximum atomic E-state index is 14.1. The largest absolute Gasteiger partial charge is 0.493 e. The number of benzene rings is 2. The fourth-order valence-electron chi connectivity index (χ4n) is 6.30. The van der Waals surface area contributed by atoms with Crippen LogP contribution in [0.2, 0.25) is 0 Å². The zero-order chi connectivity index (χ0) is 35.1. The van der Waals surface area contributed by atoms with Crippen molar-refractivity contribution >= 4 is 5.91 Å². The number of hydrogen-bond acceptors (Lipinski definition) is 10. The Balaban J connectivity index is 1.35. The minimum atomic E-state index is -0.247. The number of piperazine rings is 1. The van der Waals surface area contributed by atoms with E-state index in [0.717, 1.165) is 46.6 Å². The summed E-state index contributed by atoms with van der Waals surface area (Å²) in [6.07, 6.45) is 4.33. The van der Waals surface area contributed by atoms with E-state index >= 15 is 0 Å². The predicted molar refractivity (Wildman–Crippen MR) is 188 cm³/mol. The molecule has 0 radical (unpaired) electrons. The highest BCUT2D eigenvalue weighted by Crippen LogP contribution is 2.42. The lowest BCUT2D eigenvalue weighted by molar-refractivity contribution is -0.143. The Morgan fingerprint density at radius 2 is 1.10 bits per heavy atom. The van der Waals surface area contributed by atoms with Crippen molar-refractivity contribution in [2.24, 2.45) is 5.92 Å². The first-order valence-electron chi connectivity index (χ1n) is 16.3. The van der Waals surface area contributed by atoms with Crippen molar-refractivity contribution in [1.82, 2.24) is 19.8 Å². The Morgan fingerprint density at radius 1 is 0.653 bits per heavy atom. The number of nitrogens with zero attached hydrogens (tertiary/aromatic N) is 4. The van der Waals surface area contributed by atoms with Crippen LogP contribution in [0.1, 0.15) is 31.4 Å². The lowest BCUT2D eigenvalue weighted by Crippen LogP contribution is -2.56. The summed E-state index contributed by atoms with van der Waals surface area (Å²) < 4.78 is 33.2. The van der Waals surface area contributed by atoms with Crippen LogP contribution in [-0.4, -0.2) is 87.5 Å². The molecule has 0 saturated carbocycles. The van der Waals surface area contributed by atoms with Gasteiger partial charge in [-0.25, -0.2) is 0 Å². The Bertz CT molecular complexity index is 1710. The highest BCUT2D eigenvalue weighted by Gasteiger charge is 2.35. The van der Waals surface area contributed by atoms with E-state index in [2.05, 4.69) is 34.8 Å². The third-order valence-corrected chi connectivity index (χ3v) is 8.72. The van der Waals surface area contributed by atoms with Gasteiger partial charge in [-0.05, 0) is 72.0 Å². The van der Waals surface area contributed by atoms with Crippen molar-refractivity contribution in [2.45, 2.75) is 39.4 Å². The zero-order valence-electron chi connectivity index (χ0n) is 29.6. The second kappa shape index (κ2) is 15.9. The molecular weight excluding hydrogens is 624 g/mol. The molecule has 260 valence electrons. The van der Waals surface area contributed by atoms with E-state index in [9.17, 15) is 4.79 Å². The summed E-state index contributed by atoms with van der Waals surface area (Å²) in [5, 5.41) is 0. The molecule has 11 heteroatoms. The Labute approximate surface area is 288 Å². The van der Waals surface area contributed by atoms with Crippen LogP contribution in [0.25, 0.3) is 22.5 Å². The van der Waals surface area contributed by atoms with Gasteiger partial charge in [-0.1, -0.05) is 13.8 Å². The molecule has 1 amide bonds. The van der Waals surface area contributed by atoms with E-state index in [4.69, 9.17) is 28.4 Å². The molecular formula is C38H46N4O7.